The minimum atomic E-state index is -1.05. The molecule has 6 nitrogen and oxygen atoms in total. The number of carbonyl (C=O) groups is 2. The monoisotopic (exact) mass is 461 g/mol. The van der Waals surface area contributed by atoms with E-state index >= 15 is 0 Å². The van der Waals surface area contributed by atoms with Gasteiger partial charge in [0.1, 0.15) is 11.6 Å². The number of aromatic carboxylic acids is 1. The average Bonchev–Trinajstić information content (AvgIpc) is 3.19. The van der Waals surface area contributed by atoms with Crippen molar-refractivity contribution in [2.24, 2.45) is 0 Å². The third kappa shape index (κ3) is 10.3. The second kappa shape index (κ2) is 15.4. The first-order valence-electron chi connectivity index (χ1n) is 11.5. The summed E-state index contributed by atoms with van der Waals surface area (Å²) in [5.41, 5.74) is 1.16. The number of carbonyl (C=O) groups excluding carboxylic acids is 1. The summed E-state index contributed by atoms with van der Waals surface area (Å²) in [5.74, 6) is -1.05. The van der Waals surface area contributed by atoms with E-state index in [0.717, 1.165) is 29.7 Å². The molecule has 2 aromatic rings. The lowest BCUT2D eigenvalue weighted by molar-refractivity contribution is 0.0693. The maximum absolute atomic E-state index is 12.1. The normalized spacial score (nSPS) is 10.8. The lowest BCUT2D eigenvalue weighted by Gasteiger charge is -2.07. The van der Waals surface area contributed by atoms with E-state index in [1.807, 2.05) is 30.3 Å². The molecule has 0 spiro atoms. The highest BCUT2D eigenvalue weighted by atomic mass is 32.1. The molecule has 0 saturated heterocycles. The summed E-state index contributed by atoms with van der Waals surface area (Å²) in [4.78, 5) is 24.6. The maximum Gasteiger partial charge on any atom is 0.412 e. The van der Waals surface area contributed by atoms with Crippen LogP contribution in [0.2, 0.25) is 0 Å². The smallest absolute Gasteiger partial charge is 0.412 e. The van der Waals surface area contributed by atoms with Crippen LogP contribution in [0.1, 0.15) is 79.1 Å². The number of amides is 1. The van der Waals surface area contributed by atoms with Crippen LogP contribution in [0.4, 0.5) is 9.80 Å². The number of rotatable bonds is 16. The molecule has 0 fully saturated rings. The van der Waals surface area contributed by atoms with Crippen molar-refractivity contribution in [1.82, 2.24) is 0 Å². The van der Waals surface area contributed by atoms with Gasteiger partial charge < -0.3 is 14.6 Å². The predicted molar refractivity (Wildman–Crippen MR) is 129 cm³/mol. The molecule has 0 unspecified atom stereocenters. The van der Waals surface area contributed by atoms with Crippen molar-refractivity contribution < 1.29 is 24.2 Å². The van der Waals surface area contributed by atoms with E-state index < -0.39 is 12.1 Å². The molecule has 2 rings (SSSR count). The summed E-state index contributed by atoms with van der Waals surface area (Å²) in [6.45, 7) is 3.03. The predicted octanol–water partition coefficient (Wildman–Crippen LogP) is 6.89. The Labute approximate surface area is 194 Å². The fourth-order valence-electron chi connectivity index (χ4n) is 3.34. The highest BCUT2D eigenvalue weighted by molar-refractivity contribution is 7.16. The second-order valence-corrected chi connectivity index (χ2v) is 8.92. The Morgan fingerprint density at radius 3 is 2.34 bits per heavy atom. The minimum Gasteiger partial charge on any atom is -0.478 e. The Balaban J connectivity index is 1.68. The van der Waals surface area contributed by atoms with Gasteiger partial charge in [-0.25, -0.2) is 9.59 Å². The first-order chi connectivity index (χ1) is 15.6. The third-order valence-corrected chi connectivity index (χ3v) is 6.19. The fraction of sp³-hybridized carbons (Fsp3) is 0.520. The van der Waals surface area contributed by atoms with Crippen molar-refractivity contribution in [2.45, 2.75) is 71.3 Å². The van der Waals surface area contributed by atoms with Crippen molar-refractivity contribution in [2.75, 3.05) is 18.5 Å². The summed E-state index contributed by atoms with van der Waals surface area (Å²) >= 11 is 1.31. The van der Waals surface area contributed by atoms with E-state index in [2.05, 4.69) is 12.2 Å². The molecular formula is C25H35NO5S. The molecule has 0 aliphatic heterocycles. The van der Waals surface area contributed by atoms with Crippen LogP contribution in [-0.2, 0) is 22.5 Å². The number of ether oxygens (including phenoxy) is 2. The van der Waals surface area contributed by atoms with E-state index in [0.29, 0.717) is 11.6 Å². The van der Waals surface area contributed by atoms with Crippen LogP contribution in [-0.4, -0.2) is 30.4 Å². The Hall–Kier alpha value is -2.38. The molecule has 0 bridgehead atoms. The summed E-state index contributed by atoms with van der Waals surface area (Å²) < 4.78 is 10.6. The molecule has 1 amide bonds. The van der Waals surface area contributed by atoms with Crippen molar-refractivity contribution in [1.29, 1.82) is 0 Å². The molecule has 0 aliphatic carbocycles. The quantitative estimate of drug-likeness (QED) is 0.266. The molecule has 1 aromatic heterocycles. The van der Waals surface area contributed by atoms with Gasteiger partial charge in [0, 0.05) is 4.88 Å². The zero-order valence-corrected chi connectivity index (χ0v) is 19.8. The van der Waals surface area contributed by atoms with Crippen LogP contribution >= 0.6 is 11.3 Å². The Bertz CT molecular complexity index is 806. The molecule has 176 valence electrons. The molecule has 0 radical (unpaired) electrons. The standard InChI is InChI=1S/C25H35NO5S/c1-2-3-4-5-6-7-8-12-15-21-18-22(24(27)28)23(32-21)26-25(29)31-17-16-30-19-20-13-10-9-11-14-20/h9-11,13-14,18H,2-8,12,15-17,19H2,1H3,(H,26,29)(H,27,28). The van der Waals surface area contributed by atoms with E-state index in [9.17, 15) is 14.7 Å². The van der Waals surface area contributed by atoms with Gasteiger partial charge in [0.15, 0.2) is 0 Å². The van der Waals surface area contributed by atoms with Gasteiger partial charge in [0.2, 0.25) is 0 Å². The number of hydrogen-bond donors (Lipinski definition) is 2. The minimum absolute atomic E-state index is 0.0948. The maximum atomic E-state index is 12.1. The Morgan fingerprint density at radius 1 is 0.969 bits per heavy atom. The summed E-state index contributed by atoms with van der Waals surface area (Å²) in [6.07, 6.45) is 9.97. The lowest BCUT2D eigenvalue weighted by Crippen LogP contribution is -2.17. The molecule has 1 heterocycles. The Morgan fingerprint density at radius 2 is 1.66 bits per heavy atom. The van der Waals surface area contributed by atoms with E-state index in [1.165, 1.54) is 49.9 Å². The van der Waals surface area contributed by atoms with Crippen LogP contribution in [0, 0.1) is 0 Å². The molecule has 7 heteroatoms. The largest absolute Gasteiger partial charge is 0.478 e. The van der Waals surface area contributed by atoms with Gasteiger partial charge in [-0.3, -0.25) is 5.32 Å². The topological polar surface area (TPSA) is 84.9 Å². The number of carboxylic acid groups (broad SMARTS) is 1. The van der Waals surface area contributed by atoms with Crippen molar-refractivity contribution in [3.63, 3.8) is 0 Å². The third-order valence-electron chi connectivity index (χ3n) is 5.08. The van der Waals surface area contributed by atoms with Crippen molar-refractivity contribution >= 4 is 28.4 Å². The summed E-state index contributed by atoms with van der Waals surface area (Å²) in [6, 6.07) is 11.4. The molecule has 0 aliphatic rings. The number of carboxylic acids is 1. The van der Waals surface area contributed by atoms with E-state index in [-0.39, 0.29) is 18.8 Å². The number of hydrogen-bond acceptors (Lipinski definition) is 5. The first kappa shape index (κ1) is 25.9. The van der Waals surface area contributed by atoms with Crippen LogP contribution in [0.5, 0.6) is 0 Å². The van der Waals surface area contributed by atoms with Gasteiger partial charge in [-0.15, -0.1) is 11.3 Å². The SMILES string of the molecule is CCCCCCCCCCc1cc(C(=O)O)c(NC(=O)OCCOCc2ccccc2)s1. The lowest BCUT2D eigenvalue weighted by atomic mass is 10.1. The molecule has 2 N–H and O–H groups in total. The van der Waals surface area contributed by atoms with Crippen LogP contribution < -0.4 is 5.32 Å². The van der Waals surface area contributed by atoms with Gasteiger partial charge in [-0.05, 0) is 24.5 Å². The highest BCUT2D eigenvalue weighted by Gasteiger charge is 2.17. The average molecular weight is 462 g/mol. The number of unbranched alkanes of at least 4 members (excludes halogenated alkanes) is 7. The highest BCUT2D eigenvalue weighted by Crippen LogP contribution is 2.30. The molecule has 32 heavy (non-hydrogen) atoms. The van der Waals surface area contributed by atoms with Gasteiger partial charge in [0.05, 0.1) is 18.8 Å². The molecule has 0 atom stereocenters. The van der Waals surface area contributed by atoms with E-state index in [1.54, 1.807) is 6.07 Å². The van der Waals surface area contributed by atoms with Crippen molar-refractivity contribution in [3.8, 4) is 0 Å². The van der Waals surface area contributed by atoms with Crippen LogP contribution in [0.15, 0.2) is 36.4 Å². The zero-order chi connectivity index (χ0) is 23.0. The molecular weight excluding hydrogens is 426 g/mol. The first-order valence-corrected chi connectivity index (χ1v) is 12.3. The zero-order valence-electron chi connectivity index (χ0n) is 18.9. The molecule has 0 saturated carbocycles. The second-order valence-electron chi connectivity index (χ2n) is 7.78. The number of benzene rings is 1. The number of aryl methyl sites for hydroxylation is 1. The number of nitrogens with one attached hydrogen (secondary N) is 1. The number of thiophene rings is 1. The van der Waals surface area contributed by atoms with Gasteiger partial charge in [-0.1, -0.05) is 82.2 Å². The summed E-state index contributed by atoms with van der Waals surface area (Å²) in [5, 5.41) is 12.3. The Kier molecular flexibility index (Phi) is 12.5. The molecule has 1 aromatic carbocycles. The summed E-state index contributed by atoms with van der Waals surface area (Å²) in [7, 11) is 0. The number of anilines is 1. The fourth-order valence-corrected chi connectivity index (χ4v) is 4.41. The van der Waals surface area contributed by atoms with Gasteiger partial charge >= 0.3 is 12.1 Å². The van der Waals surface area contributed by atoms with Gasteiger partial charge in [0.25, 0.3) is 0 Å². The van der Waals surface area contributed by atoms with E-state index in [4.69, 9.17) is 9.47 Å². The van der Waals surface area contributed by atoms with Crippen LogP contribution in [0.3, 0.4) is 0 Å². The van der Waals surface area contributed by atoms with Crippen LogP contribution in [0.25, 0.3) is 0 Å². The van der Waals surface area contributed by atoms with Gasteiger partial charge in [-0.2, -0.15) is 0 Å². The van der Waals surface area contributed by atoms with Crippen molar-refractivity contribution in [3.05, 3.63) is 52.4 Å².